The molecule has 1 aromatic heterocycles. The zero-order valence-corrected chi connectivity index (χ0v) is 25.7. The Bertz CT molecular complexity index is 918. The summed E-state index contributed by atoms with van der Waals surface area (Å²) >= 11 is 1.21. The standard InChI is InChI=1S/C26H42N4O6S.C2H6/c1-16(2)20(14-21(36-17(3)31)24-28-19(15-37-24)26(34)35-6)30(5)25(33)23(18-11-12-18)29-22(32)10-8-7-9-13-27-4;1-2/h15-16,18,20-21,23,27H,7-14H2,1-6H3,(H,29,32);1-2H3/t20?,21?,23-;/m0./s1. The number of likely N-dealkylation sites (N-methyl/N-ethyl adjacent to an activating group) is 1. The van der Waals surface area contributed by atoms with Crippen LogP contribution in [-0.4, -0.2) is 73.5 Å². The monoisotopic (exact) mass is 568 g/mol. The molecule has 0 aliphatic heterocycles. The van der Waals surface area contributed by atoms with Crippen LogP contribution in [0.5, 0.6) is 0 Å². The number of ether oxygens (including phenoxy) is 2. The first kappa shape index (κ1) is 34.5. The smallest absolute Gasteiger partial charge is 0.357 e. The highest BCUT2D eigenvalue weighted by Crippen LogP contribution is 2.35. The molecule has 3 atom stereocenters. The van der Waals surface area contributed by atoms with Crippen molar-refractivity contribution in [2.75, 3.05) is 27.7 Å². The minimum Gasteiger partial charge on any atom is -0.464 e. The molecule has 0 spiro atoms. The summed E-state index contributed by atoms with van der Waals surface area (Å²) < 4.78 is 10.3. The highest BCUT2D eigenvalue weighted by molar-refractivity contribution is 7.09. The zero-order chi connectivity index (χ0) is 29.5. The number of esters is 2. The van der Waals surface area contributed by atoms with Gasteiger partial charge >= 0.3 is 11.9 Å². The molecule has 1 aromatic rings. The van der Waals surface area contributed by atoms with Crippen LogP contribution in [0.3, 0.4) is 0 Å². The van der Waals surface area contributed by atoms with Crippen LogP contribution in [0.25, 0.3) is 0 Å². The first-order valence-electron chi connectivity index (χ1n) is 14.0. The Hall–Kier alpha value is -2.53. The number of aromatic nitrogens is 1. The number of carbonyl (C=O) groups excluding carboxylic acids is 4. The lowest BCUT2D eigenvalue weighted by atomic mass is 9.95. The van der Waals surface area contributed by atoms with Crippen LogP contribution in [0.2, 0.25) is 0 Å². The molecule has 0 bridgehead atoms. The SMILES string of the molecule is CC.CNCCCCCC(=O)N[C@H](C(=O)N(C)C(CC(OC(C)=O)c1nc(C(=O)OC)cs1)C(C)C)C1CC1. The van der Waals surface area contributed by atoms with Crippen molar-refractivity contribution >= 4 is 35.1 Å². The number of nitrogens with one attached hydrogen (secondary N) is 2. The van der Waals surface area contributed by atoms with E-state index < -0.39 is 24.1 Å². The number of thiazole rings is 1. The molecule has 39 heavy (non-hydrogen) atoms. The summed E-state index contributed by atoms with van der Waals surface area (Å²) in [7, 11) is 4.92. The maximum absolute atomic E-state index is 13.6. The second-order valence-electron chi connectivity index (χ2n) is 9.95. The summed E-state index contributed by atoms with van der Waals surface area (Å²) in [5.74, 6) is -1.10. The minimum atomic E-state index is -0.727. The van der Waals surface area contributed by atoms with Crippen molar-refractivity contribution in [3.05, 3.63) is 16.1 Å². The number of methoxy groups -OCH3 is 1. The predicted octanol–water partition coefficient (Wildman–Crippen LogP) is 4.11. The third-order valence-corrected chi connectivity index (χ3v) is 7.51. The average Bonchev–Trinajstić information content (AvgIpc) is 3.64. The topological polar surface area (TPSA) is 127 Å². The van der Waals surface area contributed by atoms with Gasteiger partial charge in [-0.25, -0.2) is 9.78 Å². The van der Waals surface area contributed by atoms with Gasteiger partial charge in [-0.2, -0.15) is 0 Å². The fourth-order valence-corrected chi connectivity index (χ4v) is 5.16. The molecular weight excluding hydrogens is 520 g/mol. The Morgan fingerprint density at radius 1 is 1.15 bits per heavy atom. The molecule has 0 saturated heterocycles. The van der Waals surface area contributed by atoms with Crippen molar-refractivity contribution in [3.63, 3.8) is 0 Å². The molecule has 0 aromatic carbocycles. The van der Waals surface area contributed by atoms with E-state index in [0.717, 1.165) is 38.6 Å². The number of hydrogen-bond donors (Lipinski definition) is 2. The summed E-state index contributed by atoms with van der Waals surface area (Å²) in [6, 6.07) is -0.851. The summed E-state index contributed by atoms with van der Waals surface area (Å²) in [4.78, 5) is 56.0. The second-order valence-corrected chi connectivity index (χ2v) is 10.8. The van der Waals surface area contributed by atoms with Gasteiger partial charge in [0.15, 0.2) is 11.8 Å². The predicted molar refractivity (Wildman–Crippen MR) is 152 cm³/mol. The van der Waals surface area contributed by atoms with E-state index in [-0.39, 0.29) is 35.4 Å². The quantitative estimate of drug-likeness (QED) is 0.225. The van der Waals surface area contributed by atoms with E-state index in [1.54, 1.807) is 17.3 Å². The van der Waals surface area contributed by atoms with Gasteiger partial charge < -0.3 is 25.0 Å². The summed E-state index contributed by atoms with van der Waals surface area (Å²) in [5.41, 5.74) is 0.146. The van der Waals surface area contributed by atoms with Gasteiger partial charge in [0.05, 0.1) is 7.11 Å². The molecule has 1 aliphatic carbocycles. The van der Waals surface area contributed by atoms with Crippen molar-refractivity contribution in [2.45, 2.75) is 97.8 Å². The van der Waals surface area contributed by atoms with Crippen LogP contribution in [0.15, 0.2) is 5.38 Å². The number of amides is 2. The molecule has 0 radical (unpaired) electrons. The molecule has 222 valence electrons. The lowest BCUT2D eigenvalue weighted by Gasteiger charge is -2.35. The van der Waals surface area contributed by atoms with E-state index in [1.807, 2.05) is 34.7 Å². The summed E-state index contributed by atoms with van der Waals surface area (Å²) in [5, 5.41) is 8.12. The molecule has 11 heteroatoms. The van der Waals surface area contributed by atoms with Gasteiger partial charge in [-0.1, -0.05) is 34.1 Å². The normalized spacial score (nSPS) is 14.9. The molecule has 2 rings (SSSR count). The number of nitrogens with zero attached hydrogens (tertiary/aromatic N) is 2. The Morgan fingerprint density at radius 2 is 1.82 bits per heavy atom. The van der Waals surface area contributed by atoms with Gasteiger partial charge in [0.25, 0.3) is 0 Å². The second kappa shape index (κ2) is 17.9. The first-order valence-corrected chi connectivity index (χ1v) is 14.9. The van der Waals surface area contributed by atoms with Crippen LogP contribution in [0, 0.1) is 11.8 Å². The molecule has 1 aliphatic rings. The zero-order valence-electron chi connectivity index (χ0n) is 24.9. The number of hydrogen-bond acceptors (Lipinski definition) is 9. The van der Waals surface area contributed by atoms with E-state index >= 15 is 0 Å². The van der Waals surface area contributed by atoms with Gasteiger partial charge in [0, 0.05) is 38.2 Å². The largest absolute Gasteiger partial charge is 0.464 e. The summed E-state index contributed by atoms with van der Waals surface area (Å²) in [6.07, 6.45) is 4.55. The van der Waals surface area contributed by atoms with Gasteiger partial charge in [-0.05, 0) is 51.1 Å². The molecule has 1 fully saturated rings. The summed E-state index contributed by atoms with van der Waals surface area (Å²) in [6.45, 7) is 10.2. The van der Waals surface area contributed by atoms with Gasteiger partial charge in [0.2, 0.25) is 11.8 Å². The van der Waals surface area contributed by atoms with Crippen LogP contribution in [0.4, 0.5) is 0 Å². The molecule has 2 unspecified atom stereocenters. The van der Waals surface area contributed by atoms with Gasteiger partial charge in [-0.3, -0.25) is 14.4 Å². The lowest BCUT2D eigenvalue weighted by molar-refractivity contribution is -0.149. The lowest BCUT2D eigenvalue weighted by Crippen LogP contribution is -2.52. The Labute approximate surface area is 237 Å². The number of rotatable bonds is 16. The fourth-order valence-electron chi connectivity index (χ4n) is 4.33. The molecule has 2 amide bonds. The highest BCUT2D eigenvalue weighted by atomic mass is 32.1. The van der Waals surface area contributed by atoms with E-state index in [4.69, 9.17) is 9.47 Å². The Kier molecular flexibility index (Phi) is 15.9. The van der Waals surface area contributed by atoms with Crippen LogP contribution < -0.4 is 10.6 Å². The van der Waals surface area contributed by atoms with Crippen molar-refractivity contribution in [1.82, 2.24) is 20.5 Å². The molecule has 1 saturated carbocycles. The molecule has 1 heterocycles. The minimum absolute atomic E-state index is 0.0368. The third kappa shape index (κ3) is 11.6. The van der Waals surface area contributed by atoms with Crippen LogP contribution >= 0.6 is 11.3 Å². The third-order valence-electron chi connectivity index (χ3n) is 6.58. The molecule has 2 N–H and O–H groups in total. The van der Waals surface area contributed by atoms with E-state index in [0.29, 0.717) is 17.8 Å². The van der Waals surface area contributed by atoms with E-state index in [2.05, 4.69) is 15.6 Å². The average molecular weight is 569 g/mol. The first-order chi connectivity index (χ1) is 18.6. The van der Waals surface area contributed by atoms with Gasteiger partial charge in [-0.15, -0.1) is 11.3 Å². The Balaban J connectivity index is 0.00000371. The van der Waals surface area contributed by atoms with Gasteiger partial charge in [0.1, 0.15) is 11.0 Å². The van der Waals surface area contributed by atoms with Crippen LogP contribution in [-0.2, 0) is 23.9 Å². The van der Waals surface area contributed by atoms with Crippen molar-refractivity contribution in [2.24, 2.45) is 11.8 Å². The fraction of sp³-hybridized carbons (Fsp3) is 0.750. The maximum atomic E-state index is 13.6. The number of unbranched alkanes of at least 4 members (excludes halogenated alkanes) is 2. The Morgan fingerprint density at radius 3 is 2.36 bits per heavy atom. The maximum Gasteiger partial charge on any atom is 0.357 e. The van der Waals surface area contributed by atoms with Crippen LogP contribution in [0.1, 0.15) is 101 Å². The highest BCUT2D eigenvalue weighted by Gasteiger charge is 2.41. The molecule has 10 nitrogen and oxygen atoms in total. The number of carbonyl (C=O) groups is 4. The van der Waals surface area contributed by atoms with E-state index in [9.17, 15) is 19.2 Å². The van der Waals surface area contributed by atoms with E-state index in [1.165, 1.54) is 25.4 Å². The van der Waals surface area contributed by atoms with Crippen molar-refractivity contribution < 1.29 is 28.7 Å². The molecular formula is C28H48N4O6S. The van der Waals surface area contributed by atoms with Crippen molar-refractivity contribution in [3.8, 4) is 0 Å². The van der Waals surface area contributed by atoms with Crippen molar-refractivity contribution in [1.29, 1.82) is 0 Å².